The van der Waals surface area contributed by atoms with Gasteiger partial charge in [0, 0.05) is 11.4 Å². The van der Waals surface area contributed by atoms with Gasteiger partial charge in [0.25, 0.3) is 0 Å². The lowest BCUT2D eigenvalue weighted by atomic mass is 9.82. The van der Waals surface area contributed by atoms with Crippen LogP contribution in [0, 0.1) is 13.8 Å². The van der Waals surface area contributed by atoms with Crippen molar-refractivity contribution in [1.82, 2.24) is 4.98 Å². The summed E-state index contributed by atoms with van der Waals surface area (Å²) in [7, 11) is 0.487. The number of aryl methyl sites for hydroxylation is 2. The standard InChI is InChI=1S/C13H22BNO2/c1-9-7-11(8-10(2)15-9)14-17-13(5,6)12(3,4)16/h7-8,14,16H,1-6H3. The highest BCUT2D eigenvalue weighted by Crippen LogP contribution is 2.24. The molecule has 0 saturated heterocycles. The Morgan fingerprint density at radius 2 is 1.59 bits per heavy atom. The van der Waals surface area contributed by atoms with E-state index in [0.29, 0.717) is 7.48 Å². The normalized spacial score (nSPS) is 12.6. The third-order valence-electron chi connectivity index (χ3n) is 3.21. The molecule has 1 heterocycles. The van der Waals surface area contributed by atoms with Crippen molar-refractivity contribution >= 4 is 12.9 Å². The molecule has 1 N–H and O–H groups in total. The van der Waals surface area contributed by atoms with Crippen LogP contribution < -0.4 is 5.46 Å². The van der Waals surface area contributed by atoms with Gasteiger partial charge in [-0.3, -0.25) is 4.98 Å². The molecule has 0 unspecified atom stereocenters. The Balaban J connectivity index is 2.74. The lowest BCUT2D eigenvalue weighted by Gasteiger charge is -2.37. The summed E-state index contributed by atoms with van der Waals surface area (Å²) in [6.07, 6.45) is 0. The Hall–Kier alpha value is -0.865. The summed E-state index contributed by atoms with van der Waals surface area (Å²) in [5, 5.41) is 10.00. The van der Waals surface area contributed by atoms with Gasteiger partial charge < -0.3 is 9.76 Å². The van der Waals surface area contributed by atoms with Gasteiger partial charge in [-0.05, 0) is 59.1 Å². The maximum Gasteiger partial charge on any atom is 0.309 e. The van der Waals surface area contributed by atoms with Gasteiger partial charge in [0.1, 0.15) is 0 Å². The summed E-state index contributed by atoms with van der Waals surface area (Å²) >= 11 is 0. The molecule has 3 nitrogen and oxygen atoms in total. The monoisotopic (exact) mass is 235 g/mol. The summed E-state index contributed by atoms with van der Waals surface area (Å²) in [5.74, 6) is 0. The maximum absolute atomic E-state index is 10.00. The second-order valence-corrected chi connectivity index (χ2v) is 5.62. The van der Waals surface area contributed by atoms with E-state index in [0.717, 1.165) is 16.9 Å². The van der Waals surface area contributed by atoms with E-state index in [4.69, 9.17) is 4.65 Å². The number of aliphatic hydroxyl groups is 1. The van der Waals surface area contributed by atoms with Crippen LogP contribution in [0.1, 0.15) is 39.1 Å². The van der Waals surface area contributed by atoms with Crippen LogP contribution in [0.3, 0.4) is 0 Å². The van der Waals surface area contributed by atoms with Crippen LogP contribution >= 0.6 is 0 Å². The molecule has 0 aliphatic carbocycles. The minimum atomic E-state index is -0.871. The minimum absolute atomic E-state index is 0.487. The van der Waals surface area contributed by atoms with Gasteiger partial charge in [-0.1, -0.05) is 0 Å². The Morgan fingerprint density at radius 3 is 2.00 bits per heavy atom. The SMILES string of the molecule is Cc1cc(BOC(C)(C)C(C)(C)O)cc(C)n1. The minimum Gasteiger partial charge on any atom is -0.427 e. The highest BCUT2D eigenvalue weighted by atomic mass is 16.5. The molecule has 0 aromatic carbocycles. The lowest BCUT2D eigenvalue weighted by Crippen LogP contribution is -2.49. The van der Waals surface area contributed by atoms with Crippen LogP contribution in [0.5, 0.6) is 0 Å². The molecule has 0 saturated carbocycles. The Labute approximate surface area is 105 Å². The van der Waals surface area contributed by atoms with Crippen LogP contribution in [-0.2, 0) is 4.65 Å². The van der Waals surface area contributed by atoms with Crippen LogP contribution in [-0.4, -0.2) is 28.8 Å². The molecule has 1 aromatic rings. The van der Waals surface area contributed by atoms with E-state index < -0.39 is 11.2 Å². The van der Waals surface area contributed by atoms with E-state index >= 15 is 0 Å². The quantitative estimate of drug-likeness (QED) is 0.798. The molecule has 94 valence electrons. The zero-order chi connectivity index (χ0) is 13.3. The Bertz CT molecular complexity index is 377. The largest absolute Gasteiger partial charge is 0.427 e. The van der Waals surface area contributed by atoms with Crippen molar-refractivity contribution in [3.8, 4) is 0 Å². The smallest absolute Gasteiger partial charge is 0.309 e. The zero-order valence-corrected chi connectivity index (χ0v) is 11.7. The highest BCUT2D eigenvalue weighted by molar-refractivity contribution is 6.47. The van der Waals surface area contributed by atoms with Gasteiger partial charge in [0.05, 0.1) is 11.2 Å². The van der Waals surface area contributed by atoms with Gasteiger partial charge in [-0.15, -0.1) is 0 Å². The predicted octanol–water partition coefficient (Wildman–Crippen LogP) is 1.24. The van der Waals surface area contributed by atoms with Crippen molar-refractivity contribution in [2.75, 3.05) is 0 Å². The van der Waals surface area contributed by atoms with E-state index in [9.17, 15) is 5.11 Å². The molecule has 0 fully saturated rings. The number of rotatable bonds is 4. The van der Waals surface area contributed by atoms with E-state index in [-0.39, 0.29) is 0 Å². The fourth-order valence-corrected chi connectivity index (χ4v) is 1.44. The fourth-order valence-electron chi connectivity index (χ4n) is 1.44. The molecule has 1 aromatic heterocycles. The first kappa shape index (κ1) is 14.2. The summed E-state index contributed by atoms with van der Waals surface area (Å²) in [6.45, 7) is 11.3. The van der Waals surface area contributed by atoms with Gasteiger partial charge in [0.2, 0.25) is 0 Å². The molecular formula is C13H22BNO2. The number of hydrogen-bond donors (Lipinski definition) is 1. The zero-order valence-electron chi connectivity index (χ0n) is 11.7. The molecule has 0 amide bonds. The van der Waals surface area contributed by atoms with Crippen molar-refractivity contribution in [2.24, 2.45) is 0 Å². The molecule has 17 heavy (non-hydrogen) atoms. The lowest BCUT2D eigenvalue weighted by molar-refractivity contribution is -0.0893. The topological polar surface area (TPSA) is 42.4 Å². The average Bonchev–Trinajstić information content (AvgIpc) is 2.11. The molecular weight excluding hydrogens is 213 g/mol. The predicted molar refractivity (Wildman–Crippen MR) is 72.0 cm³/mol. The van der Waals surface area contributed by atoms with Crippen LogP contribution in [0.25, 0.3) is 0 Å². The van der Waals surface area contributed by atoms with Crippen molar-refractivity contribution < 1.29 is 9.76 Å². The van der Waals surface area contributed by atoms with Crippen LogP contribution in [0.15, 0.2) is 12.1 Å². The molecule has 0 spiro atoms. The van der Waals surface area contributed by atoms with Crippen LogP contribution in [0.2, 0.25) is 0 Å². The van der Waals surface area contributed by atoms with Crippen molar-refractivity contribution in [3.63, 3.8) is 0 Å². The van der Waals surface area contributed by atoms with Crippen molar-refractivity contribution in [3.05, 3.63) is 23.5 Å². The average molecular weight is 235 g/mol. The summed E-state index contributed by atoms with van der Waals surface area (Å²) in [5.41, 5.74) is 1.61. The Kier molecular flexibility index (Phi) is 4.00. The highest BCUT2D eigenvalue weighted by Gasteiger charge is 2.35. The second kappa shape index (κ2) is 4.79. The number of pyridine rings is 1. The first-order chi connectivity index (χ1) is 7.62. The molecule has 0 aliphatic rings. The first-order valence-electron chi connectivity index (χ1n) is 5.92. The van der Waals surface area contributed by atoms with Crippen molar-refractivity contribution in [2.45, 2.75) is 52.7 Å². The van der Waals surface area contributed by atoms with Crippen molar-refractivity contribution in [1.29, 1.82) is 0 Å². The summed E-state index contributed by atoms with van der Waals surface area (Å²) < 4.78 is 5.81. The van der Waals surface area contributed by atoms with Gasteiger partial charge in [0.15, 0.2) is 0 Å². The van der Waals surface area contributed by atoms with Gasteiger partial charge in [-0.25, -0.2) is 0 Å². The van der Waals surface area contributed by atoms with E-state index in [1.165, 1.54) is 0 Å². The number of hydrogen-bond acceptors (Lipinski definition) is 3. The fraction of sp³-hybridized carbons (Fsp3) is 0.615. The molecule has 0 bridgehead atoms. The molecule has 4 heteroatoms. The number of nitrogens with zero attached hydrogens (tertiary/aromatic N) is 1. The van der Waals surface area contributed by atoms with Crippen LogP contribution in [0.4, 0.5) is 0 Å². The van der Waals surface area contributed by atoms with Gasteiger partial charge in [-0.2, -0.15) is 0 Å². The molecule has 0 radical (unpaired) electrons. The Morgan fingerprint density at radius 1 is 1.12 bits per heavy atom. The third-order valence-corrected chi connectivity index (χ3v) is 3.21. The van der Waals surface area contributed by atoms with Gasteiger partial charge >= 0.3 is 7.48 Å². The van der Waals surface area contributed by atoms with E-state index in [1.54, 1.807) is 13.8 Å². The molecule has 0 atom stereocenters. The summed E-state index contributed by atoms with van der Waals surface area (Å²) in [4.78, 5) is 4.32. The van der Waals surface area contributed by atoms with E-state index in [2.05, 4.69) is 4.98 Å². The second-order valence-electron chi connectivity index (χ2n) is 5.62. The molecule has 1 rings (SSSR count). The third kappa shape index (κ3) is 3.82. The molecule has 0 aliphatic heterocycles. The van der Waals surface area contributed by atoms with E-state index in [1.807, 2.05) is 39.8 Å². The summed E-state index contributed by atoms with van der Waals surface area (Å²) in [6, 6.07) is 4.01. The number of aromatic nitrogens is 1. The first-order valence-corrected chi connectivity index (χ1v) is 5.92. The maximum atomic E-state index is 10.00.